The molecule has 0 amide bonds. The smallest absolute Gasteiger partial charge is 0.342 e. The molecule has 2 heterocycles. The molecule has 0 saturated heterocycles. The molecule has 1 aromatic carbocycles. The Morgan fingerprint density at radius 3 is 2.78 bits per heavy atom. The SMILES string of the molecule is CCCCCOC(=O)c1c(C)oc2ccc(NS(=O)(=O)c3cccs3)cc12. The van der Waals surface area contributed by atoms with Crippen molar-refractivity contribution in [1.29, 1.82) is 0 Å². The van der Waals surface area contributed by atoms with E-state index in [1.165, 1.54) is 6.07 Å². The Hall–Kier alpha value is -2.32. The first-order valence-corrected chi connectivity index (χ1v) is 11.0. The second-order valence-corrected chi connectivity index (χ2v) is 8.98. The largest absolute Gasteiger partial charge is 0.462 e. The quantitative estimate of drug-likeness (QED) is 0.422. The molecule has 0 fully saturated rings. The summed E-state index contributed by atoms with van der Waals surface area (Å²) in [5.41, 5.74) is 1.20. The minimum Gasteiger partial charge on any atom is -0.462 e. The summed E-state index contributed by atoms with van der Waals surface area (Å²) in [5, 5.41) is 2.23. The van der Waals surface area contributed by atoms with Crippen LogP contribution in [0.15, 0.2) is 44.3 Å². The Labute approximate surface area is 162 Å². The maximum Gasteiger partial charge on any atom is 0.342 e. The van der Waals surface area contributed by atoms with Crippen molar-refractivity contribution in [3.63, 3.8) is 0 Å². The molecule has 0 bridgehead atoms. The van der Waals surface area contributed by atoms with Crippen LogP contribution in [0.2, 0.25) is 0 Å². The van der Waals surface area contributed by atoms with Crippen LogP contribution in [0.1, 0.15) is 42.3 Å². The molecular weight excluding hydrogens is 386 g/mol. The van der Waals surface area contributed by atoms with Crippen molar-refractivity contribution >= 4 is 44.0 Å². The maximum absolute atomic E-state index is 12.5. The highest BCUT2D eigenvalue weighted by Gasteiger charge is 2.21. The lowest BCUT2D eigenvalue weighted by molar-refractivity contribution is 0.0498. The van der Waals surface area contributed by atoms with Gasteiger partial charge in [-0.3, -0.25) is 4.72 Å². The molecule has 6 nitrogen and oxygen atoms in total. The molecule has 0 spiro atoms. The monoisotopic (exact) mass is 407 g/mol. The number of furan rings is 1. The van der Waals surface area contributed by atoms with Crippen molar-refractivity contribution < 1.29 is 22.4 Å². The van der Waals surface area contributed by atoms with Crippen LogP contribution in [0.25, 0.3) is 11.0 Å². The van der Waals surface area contributed by atoms with E-state index in [2.05, 4.69) is 11.6 Å². The number of esters is 1. The molecule has 0 atom stereocenters. The number of unbranched alkanes of at least 4 members (excludes halogenated alkanes) is 2. The highest BCUT2D eigenvalue weighted by atomic mass is 32.2. The minimum absolute atomic E-state index is 0.224. The highest BCUT2D eigenvalue weighted by Crippen LogP contribution is 2.30. The van der Waals surface area contributed by atoms with Gasteiger partial charge in [-0.05, 0) is 43.0 Å². The van der Waals surface area contributed by atoms with Crippen LogP contribution in [0, 0.1) is 6.92 Å². The van der Waals surface area contributed by atoms with Crippen molar-refractivity contribution in [2.75, 3.05) is 11.3 Å². The van der Waals surface area contributed by atoms with Crippen molar-refractivity contribution in [2.45, 2.75) is 37.3 Å². The van der Waals surface area contributed by atoms with Gasteiger partial charge in [0.25, 0.3) is 10.0 Å². The third-order valence-corrected chi connectivity index (χ3v) is 6.84. The van der Waals surface area contributed by atoms with Crippen LogP contribution in [0.3, 0.4) is 0 Å². The molecule has 0 aliphatic rings. The molecule has 3 aromatic rings. The molecule has 0 aliphatic carbocycles. The fraction of sp³-hybridized carbons (Fsp3) is 0.316. The van der Waals surface area contributed by atoms with E-state index in [0.29, 0.717) is 34.6 Å². The van der Waals surface area contributed by atoms with Gasteiger partial charge in [-0.1, -0.05) is 25.8 Å². The van der Waals surface area contributed by atoms with Crippen molar-refractivity contribution in [3.05, 3.63) is 47.0 Å². The number of carbonyl (C=O) groups excluding carboxylic acids is 1. The van der Waals surface area contributed by atoms with Crippen LogP contribution >= 0.6 is 11.3 Å². The zero-order chi connectivity index (χ0) is 19.4. The van der Waals surface area contributed by atoms with E-state index in [1.54, 1.807) is 36.6 Å². The summed E-state index contributed by atoms with van der Waals surface area (Å²) in [6, 6.07) is 8.05. The average molecular weight is 408 g/mol. The van der Waals surface area contributed by atoms with E-state index in [0.717, 1.165) is 30.6 Å². The van der Waals surface area contributed by atoms with Gasteiger partial charge in [-0.15, -0.1) is 11.3 Å². The fourth-order valence-corrected chi connectivity index (χ4v) is 4.79. The summed E-state index contributed by atoms with van der Waals surface area (Å²) >= 11 is 1.13. The summed E-state index contributed by atoms with van der Waals surface area (Å²) in [6.45, 7) is 4.12. The van der Waals surface area contributed by atoms with Crippen molar-refractivity contribution in [2.24, 2.45) is 0 Å². The van der Waals surface area contributed by atoms with Crippen LogP contribution in [0.4, 0.5) is 5.69 Å². The van der Waals surface area contributed by atoms with E-state index in [9.17, 15) is 13.2 Å². The molecule has 3 rings (SSSR count). The highest BCUT2D eigenvalue weighted by molar-refractivity contribution is 7.94. The molecular formula is C19H21NO5S2. The average Bonchev–Trinajstić information content (AvgIpc) is 3.26. The first-order chi connectivity index (χ1) is 12.9. The van der Waals surface area contributed by atoms with E-state index in [4.69, 9.17) is 9.15 Å². The molecule has 8 heteroatoms. The number of rotatable bonds is 8. The van der Waals surface area contributed by atoms with Gasteiger partial charge in [0.05, 0.1) is 6.61 Å². The van der Waals surface area contributed by atoms with Gasteiger partial charge in [0.1, 0.15) is 21.1 Å². The van der Waals surface area contributed by atoms with E-state index >= 15 is 0 Å². The zero-order valence-electron chi connectivity index (χ0n) is 15.2. The maximum atomic E-state index is 12.5. The summed E-state index contributed by atoms with van der Waals surface area (Å²) < 4.78 is 38.6. The van der Waals surface area contributed by atoms with Crippen molar-refractivity contribution in [3.8, 4) is 0 Å². The fourth-order valence-electron chi connectivity index (χ4n) is 2.75. The standard InChI is InChI=1S/C19H21NO5S2/c1-3-4-5-10-24-19(21)18-13(2)25-16-9-8-14(12-15(16)18)20-27(22,23)17-7-6-11-26-17/h6-9,11-12,20H,3-5,10H2,1-2H3. The second-order valence-electron chi connectivity index (χ2n) is 6.12. The molecule has 0 aliphatic heterocycles. The molecule has 1 N–H and O–H groups in total. The summed E-state index contributed by atoms with van der Waals surface area (Å²) in [5.74, 6) is -0.00984. The number of sulfonamides is 1. The second kappa shape index (κ2) is 8.14. The normalized spacial score (nSPS) is 11.6. The van der Waals surface area contributed by atoms with Gasteiger partial charge in [0.2, 0.25) is 0 Å². The number of thiophene rings is 1. The Balaban J connectivity index is 1.87. The lowest BCUT2D eigenvalue weighted by atomic mass is 10.1. The number of fused-ring (bicyclic) bond motifs is 1. The number of hydrogen-bond acceptors (Lipinski definition) is 6. The number of anilines is 1. The van der Waals surface area contributed by atoms with Gasteiger partial charge in [0, 0.05) is 11.1 Å². The van der Waals surface area contributed by atoms with Crippen LogP contribution in [-0.2, 0) is 14.8 Å². The van der Waals surface area contributed by atoms with E-state index in [1.807, 2.05) is 0 Å². The molecule has 0 unspecified atom stereocenters. The number of nitrogens with one attached hydrogen (secondary N) is 1. The molecule has 0 radical (unpaired) electrons. The van der Waals surface area contributed by atoms with Crippen LogP contribution in [0.5, 0.6) is 0 Å². The molecule has 2 aromatic heterocycles. The van der Waals surface area contributed by atoms with Gasteiger partial charge >= 0.3 is 5.97 Å². The Morgan fingerprint density at radius 2 is 2.07 bits per heavy atom. The first kappa shape index (κ1) is 19.4. The lowest BCUT2D eigenvalue weighted by Gasteiger charge is -2.07. The summed E-state index contributed by atoms with van der Waals surface area (Å²) in [7, 11) is -3.66. The van der Waals surface area contributed by atoms with E-state index < -0.39 is 16.0 Å². The number of benzene rings is 1. The number of aryl methyl sites for hydroxylation is 1. The van der Waals surface area contributed by atoms with Gasteiger partial charge in [0.15, 0.2) is 0 Å². The molecule has 27 heavy (non-hydrogen) atoms. The predicted octanol–water partition coefficient (Wildman–Crippen LogP) is 4.95. The van der Waals surface area contributed by atoms with Gasteiger partial charge in [-0.25, -0.2) is 13.2 Å². The topological polar surface area (TPSA) is 85.6 Å². The summed E-state index contributed by atoms with van der Waals surface area (Å²) in [4.78, 5) is 12.5. The number of carbonyl (C=O) groups is 1. The number of hydrogen-bond donors (Lipinski definition) is 1. The minimum atomic E-state index is -3.66. The van der Waals surface area contributed by atoms with Gasteiger partial charge in [-0.2, -0.15) is 0 Å². The zero-order valence-corrected chi connectivity index (χ0v) is 16.8. The first-order valence-electron chi connectivity index (χ1n) is 8.69. The van der Waals surface area contributed by atoms with Crippen molar-refractivity contribution in [1.82, 2.24) is 0 Å². The van der Waals surface area contributed by atoms with Crippen LogP contribution in [-0.4, -0.2) is 21.0 Å². The van der Waals surface area contributed by atoms with Gasteiger partial charge < -0.3 is 9.15 Å². The van der Waals surface area contributed by atoms with Crippen LogP contribution < -0.4 is 4.72 Å². The number of ether oxygens (including phenoxy) is 1. The Bertz CT molecular complexity index is 1040. The predicted molar refractivity (Wildman–Crippen MR) is 106 cm³/mol. The third kappa shape index (κ3) is 4.33. The molecule has 0 saturated carbocycles. The summed E-state index contributed by atoms with van der Waals surface area (Å²) in [6.07, 6.45) is 2.84. The third-order valence-electron chi connectivity index (χ3n) is 4.06. The Kier molecular flexibility index (Phi) is 5.86. The molecule has 144 valence electrons. The van der Waals surface area contributed by atoms with E-state index in [-0.39, 0.29) is 4.21 Å². The Morgan fingerprint density at radius 1 is 1.26 bits per heavy atom. The lowest BCUT2D eigenvalue weighted by Crippen LogP contribution is -2.11.